The molecule has 1 aromatic carbocycles. The monoisotopic (exact) mass is 205 g/mol. The molecule has 1 fully saturated rings. The van der Waals surface area contributed by atoms with Crippen LogP contribution in [0.25, 0.3) is 0 Å². The summed E-state index contributed by atoms with van der Waals surface area (Å²) in [6.07, 6.45) is 2.77. The maximum absolute atomic E-state index is 5.69. The average molecular weight is 205 g/mol. The lowest BCUT2D eigenvalue weighted by molar-refractivity contribution is 0.242. The SMILES string of the molecule is CC(C)Oc1cccc([C@@H]2CCCN2)c1. The number of hydrogen-bond acceptors (Lipinski definition) is 2. The normalized spacial score (nSPS) is 20.9. The predicted octanol–water partition coefficient (Wildman–Crippen LogP) is 2.90. The van der Waals surface area contributed by atoms with Gasteiger partial charge >= 0.3 is 0 Å². The summed E-state index contributed by atoms with van der Waals surface area (Å²) in [5.74, 6) is 0.983. The first-order chi connectivity index (χ1) is 7.25. The second-order valence-corrected chi connectivity index (χ2v) is 4.39. The molecule has 1 aliphatic heterocycles. The van der Waals surface area contributed by atoms with Crippen molar-refractivity contribution in [3.63, 3.8) is 0 Å². The van der Waals surface area contributed by atoms with Gasteiger partial charge in [0.15, 0.2) is 0 Å². The van der Waals surface area contributed by atoms with Crippen molar-refractivity contribution in [2.24, 2.45) is 0 Å². The lowest BCUT2D eigenvalue weighted by Crippen LogP contribution is -2.13. The molecule has 1 atom stereocenters. The Bertz CT molecular complexity index is 316. The van der Waals surface area contributed by atoms with Gasteiger partial charge in [0.25, 0.3) is 0 Å². The third kappa shape index (κ3) is 2.72. The Morgan fingerprint density at radius 3 is 2.93 bits per heavy atom. The minimum Gasteiger partial charge on any atom is -0.491 e. The molecule has 0 spiro atoms. The third-order valence-electron chi connectivity index (χ3n) is 2.69. The average Bonchev–Trinajstić information content (AvgIpc) is 2.69. The van der Waals surface area contributed by atoms with Crippen molar-refractivity contribution in [2.45, 2.75) is 38.8 Å². The van der Waals surface area contributed by atoms with Crippen LogP contribution in [-0.4, -0.2) is 12.6 Å². The van der Waals surface area contributed by atoms with E-state index in [1.807, 2.05) is 6.07 Å². The van der Waals surface area contributed by atoms with Crippen molar-refractivity contribution in [1.82, 2.24) is 5.32 Å². The summed E-state index contributed by atoms with van der Waals surface area (Å²) in [5, 5.41) is 3.50. The summed E-state index contributed by atoms with van der Waals surface area (Å²) in [6, 6.07) is 8.96. The topological polar surface area (TPSA) is 21.3 Å². The van der Waals surface area contributed by atoms with Crippen LogP contribution in [0.3, 0.4) is 0 Å². The summed E-state index contributed by atoms with van der Waals surface area (Å²) in [6.45, 7) is 5.25. The van der Waals surface area contributed by atoms with Gasteiger partial charge in [0.2, 0.25) is 0 Å². The molecule has 2 nitrogen and oxygen atoms in total. The fourth-order valence-corrected chi connectivity index (χ4v) is 2.05. The van der Waals surface area contributed by atoms with Crippen LogP contribution in [0.1, 0.15) is 38.3 Å². The number of nitrogens with one attached hydrogen (secondary N) is 1. The Hall–Kier alpha value is -1.02. The molecule has 0 bridgehead atoms. The van der Waals surface area contributed by atoms with Crippen molar-refractivity contribution in [1.29, 1.82) is 0 Å². The zero-order valence-electron chi connectivity index (χ0n) is 9.49. The highest BCUT2D eigenvalue weighted by Crippen LogP contribution is 2.26. The molecule has 15 heavy (non-hydrogen) atoms. The van der Waals surface area contributed by atoms with E-state index in [0.29, 0.717) is 6.04 Å². The van der Waals surface area contributed by atoms with E-state index >= 15 is 0 Å². The van der Waals surface area contributed by atoms with Crippen molar-refractivity contribution in [3.05, 3.63) is 29.8 Å². The Kier molecular flexibility index (Phi) is 3.27. The van der Waals surface area contributed by atoms with Crippen LogP contribution in [-0.2, 0) is 0 Å². The third-order valence-corrected chi connectivity index (χ3v) is 2.69. The minimum atomic E-state index is 0.247. The van der Waals surface area contributed by atoms with Gasteiger partial charge in [-0.15, -0.1) is 0 Å². The van der Waals surface area contributed by atoms with Crippen LogP contribution >= 0.6 is 0 Å². The molecule has 0 aliphatic carbocycles. The Morgan fingerprint density at radius 1 is 1.40 bits per heavy atom. The van der Waals surface area contributed by atoms with Crippen LogP contribution in [0.15, 0.2) is 24.3 Å². The second-order valence-electron chi connectivity index (χ2n) is 4.39. The Labute approximate surface area is 91.6 Å². The highest BCUT2D eigenvalue weighted by molar-refractivity contribution is 5.31. The number of rotatable bonds is 3. The van der Waals surface area contributed by atoms with E-state index in [9.17, 15) is 0 Å². The van der Waals surface area contributed by atoms with Gasteiger partial charge in [-0.3, -0.25) is 0 Å². The maximum Gasteiger partial charge on any atom is 0.120 e. The van der Waals surface area contributed by atoms with E-state index in [4.69, 9.17) is 4.74 Å². The molecule has 0 radical (unpaired) electrons. The van der Waals surface area contributed by atoms with Gasteiger partial charge in [-0.25, -0.2) is 0 Å². The molecule has 0 aromatic heterocycles. The first kappa shape index (κ1) is 10.5. The molecule has 1 aromatic rings. The van der Waals surface area contributed by atoms with Crippen molar-refractivity contribution in [2.75, 3.05) is 6.54 Å². The highest BCUT2D eigenvalue weighted by Gasteiger charge is 2.16. The smallest absolute Gasteiger partial charge is 0.120 e. The molecule has 82 valence electrons. The lowest BCUT2D eigenvalue weighted by atomic mass is 10.1. The molecule has 0 unspecified atom stereocenters. The fraction of sp³-hybridized carbons (Fsp3) is 0.538. The molecule has 2 rings (SSSR count). The number of ether oxygens (including phenoxy) is 1. The Balaban J connectivity index is 2.11. The van der Waals surface area contributed by atoms with E-state index in [1.54, 1.807) is 0 Å². The molecule has 2 heteroatoms. The van der Waals surface area contributed by atoms with Gasteiger partial charge in [-0.2, -0.15) is 0 Å². The first-order valence-corrected chi connectivity index (χ1v) is 5.76. The van der Waals surface area contributed by atoms with Gasteiger partial charge in [-0.1, -0.05) is 12.1 Å². The minimum absolute atomic E-state index is 0.247. The summed E-state index contributed by atoms with van der Waals surface area (Å²) in [4.78, 5) is 0. The van der Waals surface area contributed by atoms with Crippen LogP contribution in [0.5, 0.6) is 5.75 Å². The second kappa shape index (κ2) is 4.67. The molecular formula is C13H19NO. The van der Waals surface area contributed by atoms with Gasteiger partial charge < -0.3 is 10.1 Å². The summed E-state index contributed by atoms with van der Waals surface area (Å²) >= 11 is 0. The quantitative estimate of drug-likeness (QED) is 0.819. The van der Waals surface area contributed by atoms with Gasteiger partial charge in [0.1, 0.15) is 5.75 Å². The summed E-state index contributed by atoms with van der Waals surface area (Å²) in [7, 11) is 0. The molecule has 1 aliphatic rings. The highest BCUT2D eigenvalue weighted by atomic mass is 16.5. The molecule has 1 heterocycles. The largest absolute Gasteiger partial charge is 0.491 e. The van der Waals surface area contributed by atoms with Crippen LogP contribution in [0.4, 0.5) is 0 Å². The standard InChI is InChI=1S/C13H19NO/c1-10(2)15-12-6-3-5-11(9-12)13-7-4-8-14-13/h3,5-6,9-10,13-14H,4,7-8H2,1-2H3/t13-/m0/s1. The number of benzene rings is 1. The molecule has 0 saturated carbocycles. The number of hydrogen-bond donors (Lipinski definition) is 1. The van der Waals surface area contributed by atoms with Gasteiger partial charge in [-0.05, 0) is 50.9 Å². The van der Waals surface area contributed by atoms with E-state index in [0.717, 1.165) is 12.3 Å². The van der Waals surface area contributed by atoms with Crippen LogP contribution in [0, 0.1) is 0 Å². The predicted molar refractivity (Wildman–Crippen MR) is 62.2 cm³/mol. The van der Waals surface area contributed by atoms with Gasteiger partial charge in [0.05, 0.1) is 6.10 Å². The van der Waals surface area contributed by atoms with Crippen molar-refractivity contribution < 1.29 is 4.74 Å². The maximum atomic E-state index is 5.69. The van der Waals surface area contributed by atoms with E-state index in [-0.39, 0.29) is 6.10 Å². The van der Waals surface area contributed by atoms with Crippen molar-refractivity contribution in [3.8, 4) is 5.75 Å². The molecular weight excluding hydrogens is 186 g/mol. The Morgan fingerprint density at radius 2 is 2.27 bits per heavy atom. The van der Waals surface area contributed by atoms with Gasteiger partial charge in [0, 0.05) is 6.04 Å². The van der Waals surface area contributed by atoms with Crippen LogP contribution in [0.2, 0.25) is 0 Å². The van der Waals surface area contributed by atoms with E-state index < -0.39 is 0 Å². The summed E-state index contributed by atoms with van der Waals surface area (Å²) in [5.41, 5.74) is 1.35. The lowest BCUT2D eigenvalue weighted by Gasteiger charge is -2.14. The van der Waals surface area contributed by atoms with Crippen LogP contribution < -0.4 is 10.1 Å². The first-order valence-electron chi connectivity index (χ1n) is 5.76. The summed E-state index contributed by atoms with van der Waals surface area (Å²) < 4.78 is 5.69. The van der Waals surface area contributed by atoms with E-state index in [2.05, 4.69) is 37.4 Å². The van der Waals surface area contributed by atoms with Crippen molar-refractivity contribution >= 4 is 0 Å². The van der Waals surface area contributed by atoms with E-state index in [1.165, 1.54) is 18.4 Å². The zero-order valence-corrected chi connectivity index (χ0v) is 9.49. The molecule has 1 N–H and O–H groups in total. The molecule has 1 saturated heterocycles. The zero-order chi connectivity index (χ0) is 10.7. The molecule has 0 amide bonds. The fourth-order valence-electron chi connectivity index (χ4n) is 2.05.